The van der Waals surface area contributed by atoms with E-state index in [2.05, 4.69) is 14.6 Å². The first-order valence-electron chi connectivity index (χ1n) is 11.9. The number of halogens is 1. The fourth-order valence-electron chi connectivity index (χ4n) is 4.80. The lowest BCUT2D eigenvalue weighted by atomic mass is 9.99. The molecule has 0 radical (unpaired) electrons. The number of anilines is 3. The third kappa shape index (κ3) is 5.16. The number of carbonyl (C=O) groups is 2. The Morgan fingerprint density at radius 3 is 2.62 bits per heavy atom. The van der Waals surface area contributed by atoms with Crippen molar-refractivity contribution in [3.63, 3.8) is 0 Å². The van der Waals surface area contributed by atoms with E-state index in [9.17, 15) is 18.0 Å². The Morgan fingerprint density at radius 2 is 1.92 bits per heavy atom. The molecule has 2 aliphatic rings. The molecule has 0 bridgehead atoms. The lowest BCUT2D eigenvalue weighted by molar-refractivity contribution is -0.137. The first-order chi connectivity index (χ1) is 17.7. The largest absolute Gasteiger partial charge is 0.360 e. The Kier molecular flexibility index (Phi) is 7.11. The van der Waals surface area contributed by atoms with Crippen LogP contribution in [0.25, 0.3) is 0 Å². The number of benzene rings is 2. The van der Waals surface area contributed by atoms with Crippen molar-refractivity contribution in [2.24, 2.45) is 0 Å². The van der Waals surface area contributed by atoms with Crippen molar-refractivity contribution in [1.82, 2.24) is 9.88 Å². The molecule has 1 aromatic heterocycles. The third-order valence-electron chi connectivity index (χ3n) is 6.70. The van der Waals surface area contributed by atoms with Gasteiger partial charge in [0.15, 0.2) is 5.13 Å². The zero-order valence-electron chi connectivity index (χ0n) is 20.1. The highest BCUT2D eigenvalue weighted by atomic mass is 35.5. The summed E-state index contributed by atoms with van der Waals surface area (Å²) in [5, 5.41) is 2.67. The van der Waals surface area contributed by atoms with Crippen molar-refractivity contribution in [1.29, 1.82) is 0 Å². The Bertz CT molecular complexity index is 1410. The number of thiazole rings is 1. The van der Waals surface area contributed by atoms with Crippen LogP contribution in [0.4, 0.5) is 16.5 Å². The molecule has 5 rings (SSSR count). The molecule has 3 heterocycles. The molecule has 0 saturated carbocycles. The van der Waals surface area contributed by atoms with Gasteiger partial charge in [-0.2, -0.15) is 0 Å². The molecule has 12 heteroatoms. The van der Waals surface area contributed by atoms with Crippen LogP contribution < -0.4 is 14.5 Å². The normalized spacial score (nSPS) is 16.9. The zero-order chi connectivity index (χ0) is 26.2. The maximum Gasteiger partial charge on any atom is 0.263 e. The average molecular weight is 560 g/mol. The lowest BCUT2D eigenvalue weighted by Crippen LogP contribution is -2.57. The fraction of sp³-hybridized carbons (Fsp3) is 0.320. The van der Waals surface area contributed by atoms with Crippen LogP contribution in [0.3, 0.4) is 0 Å². The molecule has 2 amide bonds. The molecule has 0 spiro atoms. The van der Waals surface area contributed by atoms with Gasteiger partial charge in [-0.15, -0.1) is 11.3 Å². The number of piperazine rings is 1. The monoisotopic (exact) mass is 559 g/mol. The number of fused-ring (bicyclic) bond motifs is 1. The Labute approximate surface area is 224 Å². The van der Waals surface area contributed by atoms with E-state index >= 15 is 0 Å². The number of carbonyl (C=O) groups excluding carboxylic acids is 2. The molecule has 2 aromatic carbocycles. The summed E-state index contributed by atoms with van der Waals surface area (Å²) in [6.45, 7) is 3.29. The topological polar surface area (TPSA) is 103 Å². The molecule has 0 unspecified atom stereocenters. The molecule has 0 aliphatic carbocycles. The number of aromatic nitrogens is 1. The Balaban J connectivity index is 1.24. The standard InChI is InChI=1S/C25H26ClN5O4S2/c1-17(30-12-3-4-20-21(26)5-2-6-22(20)30)24(33)29-13-14-31(23(32)16-29)18-7-9-19(10-8-18)37(34,35)28-25-27-11-15-36-25/h2,5-11,15,17H,3-4,12-14,16H2,1H3,(H,27,28)/t17-/m1/s1. The highest BCUT2D eigenvalue weighted by molar-refractivity contribution is 7.93. The van der Waals surface area contributed by atoms with Crippen LogP contribution in [0, 0.1) is 0 Å². The number of hydrogen-bond acceptors (Lipinski definition) is 7. The van der Waals surface area contributed by atoms with E-state index in [4.69, 9.17) is 11.6 Å². The minimum atomic E-state index is -3.78. The number of amides is 2. The van der Waals surface area contributed by atoms with Crippen LogP contribution in [0.15, 0.2) is 58.9 Å². The van der Waals surface area contributed by atoms with E-state index in [0.717, 1.165) is 30.6 Å². The number of hydrogen-bond donors (Lipinski definition) is 1. The summed E-state index contributed by atoms with van der Waals surface area (Å²) in [6, 6.07) is 11.4. The molecule has 3 aromatic rings. The second kappa shape index (κ2) is 10.3. The van der Waals surface area contributed by atoms with E-state index in [1.165, 1.54) is 29.7 Å². The molecular formula is C25H26ClN5O4S2. The van der Waals surface area contributed by atoms with Crippen LogP contribution in [-0.4, -0.2) is 62.3 Å². The summed E-state index contributed by atoms with van der Waals surface area (Å²) in [4.78, 5) is 35.6. The van der Waals surface area contributed by atoms with E-state index in [1.807, 2.05) is 25.1 Å². The van der Waals surface area contributed by atoms with Gasteiger partial charge in [0.25, 0.3) is 10.0 Å². The van der Waals surface area contributed by atoms with Gasteiger partial charge in [-0.3, -0.25) is 14.3 Å². The highest BCUT2D eigenvalue weighted by Gasteiger charge is 2.34. The second-order valence-electron chi connectivity index (χ2n) is 8.95. The number of rotatable bonds is 6. The van der Waals surface area contributed by atoms with Gasteiger partial charge in [0.1, 0.15) is 12.6 Å². The molecule has 1 N–H and O–H groups in total. The fourth-order valence-corrected chi connectivity index (χ4v) is 6.85. The van der Waals surface area contributed by atoms with Crippen molar-refractivity contribution < 1.29 is 18.0 Å². The summed E-state index contributed by atoms with van der Waals surface area (Å²) in [6.07, 6.45) is 3.31. The summed E-state index contributed by atoms with van der Waals surface area (Å²) < 4.78 is 27.6. The van der Waals surface area contributed by atoms with Crippen LogP contribution >= 0.6 is 22.9 Å². The van der Waals surface area contributed by atoms with Gasteiger partial charge < -0.3 is 14.7 Å². The smallest absolute Gasteiger partial charge is 0.263 e. The molecule has 1 atom stereocenters. The van der Waals surface area contributed by atoms with Gasteiger partial charge >= 0.3 is 0 Å². The number of sulfonamides is 1. The molecule has 1 saturated heterocycles. The van der Waals surface area contributed by atoms with Crippen molar-refractivity contribution in [2.45, 2.75) is 30.7 Å². The van der Waals surface area contributed by atoms with Crippen molar-refractivity contribution >= 4 is 61.3 Å². The zero-order valence-corrected chi connectivity index (χ0v) is 22.5. The third-order valence-corrected chi connectivity index (χ3v) is 9.23. The molecule has 37 heavy (non-hydrogen) atoms. The first-order valence-corrected chi connectivity index (χ1v) is 14.6. The van der Waals surface area contributed by atoms with E-state index in [-0.39, 0.29) is 28.4 Å². The van der Waals surface area contributed by atoms with Gasteiger partial charge in [0.2, 0.25) is 11.8 Å². The lowest BCUT2D eigenvalue weighted by Gasteiger charge is -2.40. The maximum atomic E-state index is 13.4. The summed E-state index contributed by atoms with van der Waals surface area (Å²) in [5.41, 5.74) is 2.62. The van der Waals surface area contributed by atoms with Gasteiger partial charge in [-0.05, 0) is 61.7 Å². The van der Waals surface area contributed by atoms with Crippen LogP contribution in [-0.2, 0) is 26.0 Å². The summed E-state index contributed by atoms with van der Waals surface area (Å²) in [5.74, 6) is -0.319. The van der Waals surface area contributed by atoms with E-state index < -0.39 is 16.1 Å². The number of nitrogens with one attached hydrogen (secondary N) is 1. The molecular weight excluding hydrogens is 534 g/mol. The highest BCUT2D eigenvalue weighted by Crippen LogP contribution is 2.34. The minimum Gasteiger partial charge on any atom is -0.360 e. The van der Waals surface area contributed by atoms with E-state index in [0.29, 0.717) is 23.8 Å². The quantitative estimate of drug-likeness (QED) is 0.495. The van der Waals surface area contributed by atoms with Crippen LogP contribution in [0.5, 0.6) is 0 Å². The average Bonchev–Trinajstić information content (AvgIpc) is 3.40. The first kappa shape index (κ1) is 25.5. The second-order valence-corrected chi connectivity index (χ2v) is 11.9. The van der Waals surface area contributed by atoms with Gasteiger partial charge in [0, 0.05) is 47.6 Å². The van der Waals surface area contributed by atoms with Crippen molar-refractivity contribution in [3.8, 4) is 0 Å². The van der Waals surface area contributed by atoms with Gasteiger partial charge in [-0.25, -0.2) is 13.4 Å². The van der Waals surface area contributed by atoms with Crippen molar-refractivity contribution in [2.75, 3.05) is 40.7 Å². The molecule has 1 fully saturated rings. The van der Waals surface area contributed by atoms with Crippen LogP contribution in [0.1, 0.15) is 18.9 Å². The Hall–Kier alpha value is -3.15. The molecule has 194 valence electrons. The predicted molar refractivity (Wildman–Crippen MR) is 145 cm³/mol. The predicted octanol–water partition coefficient (Wildman–Crippen LogP) is 3.61. The van der Waals surface area contributed by atoms with E-state index in [1.54, 1.807) is 27.3 Å². The maximum absolute atomic E-state index is 13.4. The molecule has 9 nitrogen and oxygen atoms in total. The molecule has 2 aliphatic heterocycles. The number of nitrogens with zero attached hydrogens (tertiary/aromatic N) is 4. The minimum absolute atomic E-state index is 0.0366. The SMILES string of the molecule is C[C@H](C(=O)N1CCN(c2ccc(S(=O)(=O)Nc3nccs3)cc2)C(=O)C1)N1CCCc2c(Cl)cccc21. The van der Waals surface area contributed by atoms with Gasteiger partial charge in [-0.1, -0.05) is 17.7 Å². The summed E-state index contributed by atoms with van der Waals surface area (Å²) in [7, 11) is -3.78. The van der Waals surface area contributed by atoms with Gasteiger partial charge in [0.05, 0.1) is 4.90 Å². The Morgan fingerprint density at radius 1 is 1.14 bits per heavy atom. The summed E-state index contributed by atoms with van der Waals surface area (Å²) >= 11 is 7.57. The van der Waals surface area contributed by atoms with Crippen LogP contribution in [0.2, 0.25) is 5.02 Å². The van der Waals surface area contributed by atoms with Crippen molar-refractivity contribution in [3.05, 3.63) is 64.6 Å².